The molecule has 11 heavy (non-hydrogen) atoms. The molecule has 1 spiro atoms. The lowest BCUT2D eigenvalue weighted by Crippen LogP contribution is -2.14. The third-order valence-electron chi connectivity index (χ3n) is 4.24. The molecule has 0 heteroatoms. The summed E-state index contributed by atoms with van der Waals surface area (Å²) in [6, 6.07) is 0. The van der Waals surface area contributed by atoms with Crippen LogP contribution in [0.5, 0.6) is 0 Å². The van der Waals surface area contributed by atoms with E-state index in [0.29, 0.717) is 0 Å². The van der Waals surface area contributed by atoms with Crippen LogP contribution >= 0.6 is 0 Å². The second kappa shape index (κ2) is 2.24. The summed E-state index contributed by atoms with van der Waals surface area (Å²) in [7, 11) is 0. The molecule has 3 saturated carbocycles. The van der Waals surface area contributed by atoms with Crippen molar-refractivity contribution in [2.75, 3.05) is 0 Å². The van der Waals surface area contributed by atoms with E-state index in [2.05, 4.69) is 6.92 Å². The predicted octanol–water partition coefficient (Wildman–Crippen LogP) is 3.47. The summed E-state index contributed by atoms with van der Waals surface area (Å²) in [4.78, 5) is 0. The number of hydrogen-bond donors (Lipinski definition) is 0. The molecule has 3 fully saturated rings. The molecule has 0 bridgehead atoms. The maximum atomic E-state index is 2.47. The monoisotopic (exact) mass is 152 g/mol. The van der Waals surface area contributed by atoms with Crippen molar-refractivity contribution in [3.63, 3.8) is 0 Å². The van der Waals surface area contributed by atoms with Gasteiger partial charge in [0.1, 0.15) is 0 Å². The van der Waals surface area contributed by atoms with Crippen LogP contribution in [-0.4, -0.2) is 0 Å². The van der Waals surface area contributed by atoms with E-state index in [9.17, 15) is 0 Å². The normalized spacial score (nSPS) is 56.5. The third kappa shape index (κ3) is 0.761. The molecule has 0 saturated heterocycles. The van der Waals surface area contributed by atoms with Gasteiger partial charge in [-0.15, -0.1) is 0 Å². The smallest absolute Gasteiger partial charge is 0.0206 e. The van der Waals surface area contributed by atoms with E-state index in [0.717, 1.165) is 11.3 Å². The van der Waals surface area contributed by atoms with Gasteiger partial charge in [0, 0.05) is 0 Å². The first-order chi connectivity index (χ1) is 5.36. The van der Waals surface area contributed by atoms with E-state index < -0.39 is 0 Å². The van der Waals surface area contributed by atoms with Crippen LogP contribution in [-0.2, 0) is 0 Å². The molecule has 0 aromatic rings. The van der Waals surface area contributed by atoms with Crippen LogP contribution in [0.15, 0.2) is 0 Å². The largest absolute Gasteiger partial charge is 0.0683 e. The van der Waals surface area contributed by atoms with Gasteiger partial charge in [-0.1, -0.05) is 33.6 Å². The Morgan fingerprint density at radius 2 is 1.82 bits per heavy atom. The zero-order valence-electron chi connectivity index (χ0n) is 8.06. The zero-order chi connectivity index (χ0) is 8.06. The summed E-state index contributed by atoms with van der Waals surface area (Å²) in [6.07, 6.45) is 6.25. The summed E-state index contributed by atoms with van der Waals surface area (Å²) < 4.78 is 0. The number of fused-ring (bicyclic) bond motifs is 1. The van der Waals surface area contributed by atoms with E-state index in [4.69, 9.17) is 0 Å². The van der Waals surface area contributed by atoms with Gasteiger partial charge in [-0.05, 0) is 36.0 Å². The van der Waals surface area contributed by atoms with Gasteiger partial charge in [-0.25, -0.2) is 0 Å². The first-order valence-electron chi connectivity index (χ1n) is 5.36. The van der Waals surface area contributed by atoms with Crippen LogP contribution in [0.3, 0.4) is 0 Å². The molecule has 0 radical (unpaired) electrons. The molecule has 4 atom stereocenters. The van der Waals surface area contributed by atoms with Crippen LogP contribution < -0.4 is 0 Å². The van der Waals surface area contributed by atoms with E-state index in [-0.39, 0.29) is 0 Å². The lowest BCUT2D eigenvalue weighted by Gasteiger charge is -2.24. The molecule has 3 rings (SSSR count). The fraction of sp³-hybridized carbons (Fsp3) is 1.00. The van der Waals surface area contributed by atoms with Gasteiger partial charge in [-0.2, -0.15) is 0 Å². The minimum absolute atomic E-state index is 0.970. The average molecular weight is 152 g/mol. The van der Waals surface area contributed by atoms with Gasteiger partial charge < -0.3 is 0 Å². The van der Waals surface area contributed by atoms with Crippen molar-refractivity contribution in [3.05, 3.63) is 0 Å². The molecule has 0 N–H and O–H groups in total. The highest BCUT2D eigenvalue weighted by molar-refractivity contribution is 5.28. The number of rotatable bonds is 0. The lowest BCUT2D eigenvalue weighted by molar-refractivity contribution is 0.262. The van der Waals surface area contributed by atoms with Crippen molar-refractivity contribution in [1.82, 2.24) is 0 Å². The summed E-state index contributed by atoms with van der Waals surface area (Å²) in [5.74, 6) is 3.55. The van der Waals surface area contributed by atoms with Gasteiger partial charge in [0.2, 0.25) is 0 Å². The SMILES string of the molecule is CC.CC1CCCC2C3CC123. The standard InChI is InChI=1S/C9H14.C2H6/c1-6-3-2-4-7-8-5-9(6,7)8;1-2/h6-8H,2-5H2,1H3;1-2H3. The maximum absolute atomic E-state index is 2.47. The Balaban J connectivity index is 0.000000224. The molecule has 0 nitrogen and oxygen atoms in total. The summed E-state index contributed by atoms with van der Waals surface area (Å²) in [5.41, 5.74) is 0.970. The first kappa shape index (κ1) is 7.64. The quantitative estimate of drug-likeness (QED) is 0.498. The van der Waals surface area contributed by atoms with Crippen molar-refractivity contribution in [2.24, 2.45) is 23.2 Å². The Morgan fingerprint density at radius 1 is 1.09 bits per heavy atom. The Hall–Kier alpha value is 0. The van der Waals surface area contributed by atoms with E-state index in [1.807, 2.05) is 13.8 Å². The minimum Gasteiger partial charge on any atom is -0.0683 e. The van der Waals surface area contributed by atoms with Crippen molar-refractivity contribution in [3.8, 4) is 0 Å². The van der Waals surface area contributed by atoms with E-state index in [1.54, 1.807) is 12.8 Å². The highest BCUT2D eigenvalue weighted by Crippen LogP contribution is 2.86. The molecule has 0 amide bonds. The highest BCUT2D eigenvalue weighted by Gasteiger charge is 2.80. The second-order valence-electron chi connectivity index (χ2n) is 4.36. The van der Waals surface area contributed by atoms with Crippen LogP contribution in [0.25, 0.3) is 0 Å². The van der Waals surface area contributed by atoms with E-state index in [1.165, 1.54) is 24.7 Å². The predicted molar refractivity (Wildman–Crippen MR) is 48.4 cm³/mol. The molecular formula is C11H20. The highest BCUT2D eigenvalue weighted by atomic mass is 14.8. The fourth-order valence-corrected chi connectivity index (χ4v) is 3.40. The van der Waals surface area contributed by atoms with Crippen molar-refractivity contribution < 1.29 is 0 Å². The van der Waals surface area contributed by atoms with Crippen molar-refractivity contribution in [2.45, 2.75) is 46.5 Å². The Labute approximate surface area is 70.4 Å². The van der Waals surface area contributed by atoms with Gasteiger partial charge in [-0.3, -0.25) is 0 Å². The molecular weight excluding hydrogens is 132 g/mol. The van der Waals surface area contributed by atoms with Crippen LogP contribution in [0.2, 0.25) is 0 Å². The van der Waals surface area contributed by atoms with Gasteiger partial charge >= 0.3 is 0 Å². The summed E-state index contributed by atoms with van der Waals surface area (Å²) in [6.45, 7) is 6.47. The fourth-order valence-electron chi connectivity index (χ4n) is 3.40. The Bertz CT molecular complexity index is 161. The topological polar surface area (TPSA) is 0 Å². The lowest BCUT2D eigenvalue weighted by atomic mass is 9.81. The molecule has 4 unspecified atom stereocenters. The Morgan fingerprint density at radius 3 is 2.27 bits per heavy atom. The maximum Gasteiger partial charge on any atom is -0.0206 e. The second-order valence-corrected chi connectivity index (χ2v) is 4.36. The third-order valence-corrected chi connectivity index (χ3v) is 4.24. The molecule has 64 valence electrons. The van der Waals surface area contributed by atoms with Crippen LogP contribution in [0, 0.1) is 23.2 Å². The molecule has 0 aromatic carbocycles. The van der Waals surface area contributed by atoms with Gasteiger partial charge in [0.25, 0.3) is 0 Å². The van der Waals surface area contributed by atoms with Crippen LogP contribution in [0.1, 0.15) is 46.5 Å². The molecule has 0 aliphatic heterocycles. The van der Waals surface area contributed by atoms with Crippen molar-refractivity contribution >= 4 is 0 Å². The summed E-state index contributed by atoms with van der Waals surface area (Å²) >= 11 is 0. The minimum atomic E-state index is 0.970. The molecule has 0 aromatic heterocycles. The molecule has 3 aliphatic rings. The van der Waals surface area contributed by atoms with Crippen LogP contribution in [0.4, 0.5) is 0 Å². The first-order valence-corrected chi connectivity index (χ1v) is 5.36. The summed E-state index contributed by atoms with van der Waals surface area (Å²) in [5, 5.41) is 0. The molecule has 0 heterocycles. The van der Waals surface area contributed by atoms with Crippen molar-refractivity contribution in [1.29, 1.82) is 0 Å². The average Bonchev–Trinajstić information content (AvgIpc) is 2.86. The zero-order valence-corrected chi connectivity index (χ0v) is 8.06. The number of hydrogen-bond acceptors (Lipinski definition) is 0. The Kier molecular flexibility index (Phi) is 1.56. The molecule has 3 aliphatic carbocycles. The van der Waals surface area contributed by atoms with Gasteiger partial charge in [0.15, 0.2) is 0 Å². The van der Waals surface area contributed by atoms with Gasteiger partial charge in [0.05, 0.1) is 0 Å². The van der Waals surface area contributed by atoms with E-state index >= 15 is 0 Å².